The quantitative estimate of drug-likeness (QED) is 0.913. The van der Waals surface area contributed by atoms with Crippen LogP contribution in [0.4, 0.5) is 22.0 Å². The number of hydrogen-bond acceptors (Lipinski definition) is 3. The molecular formula is C17H23N5O. The summed E-state index contributed by atoms with van der Waals surface area (Å²) in [7, 11) is 1.84. The van der Waals surface area contributed by atoms with Gasteiger partial charge in [0.2, 0.25) is 0 Å². The van der Waals surface area contributed by atoms with Gasteiger partial charge in [0.05, 0.1) is 0 Å². The summed E-state index contributed by atoms with van der Waals surface area (Å²) in [4.78, 5) is 14.4. The predicted octanol–water partition coefficient (Wildman–Crippen LogP) is 3.36. The molecular weight excluding hydrogens is 290 g/mol. The maximum absolute atomic E-state index is 12.0. The van der Waals surface area contributed by atoms with Crippen molar-refractivity contribution < 1.29 is 4.79 Å². The van der Waals surface area contributed by atoms with Gasteiger partial charge in [-0.2, -0.15) is 5.10 Å². The van der Waals surface area contributed by atoms with E-state index in [4.69, 9.17) is 0 Å². The smallest absolute Gasteiger partial charge is 0.324 e. The topological polar surface area (TPSA) is 62.2 Å². The van der Waals surface area contributed by atoms with Crippen molar-refractivity contribution in [2.24, 2.45) is 7.05 Å². The van der Waals surface area contributed by atoms with E-state index in [1.54, 1.807) is 4.68 Å². The number of aromatic nitrogens is 2. The first-order valence-corrected chi connectivity index (χ1v) is 8.05. The lowest BCUT2D eigenvalue weighted by molar-refractivity contribution is 0.262. The molecule has 6 nitrogen and oxygen atoms in total. The van der Waals surface area contributed by atoms with Crippen molar-refractivity contribution in [3.8, 4) is 0 Å². The summed E-state index contributed by atoms with van der Waals surface area (Å²) in [5, 5.41) is 9.77. The zero-order chi connectivity index (χ0) is 16.2. The van der Waals surface area contributed by atoms with E-state index in [-0.39, 0.29) is 6.03 Å². The summed E-state index contributed by atoms with van der Waals surface area (Å²) in [6.07, 6.45) is 3.83. The van der Waals surface area contributed by atoms with E-state index in [1.807, 2.05) is 32.2 Å². The third-order valence-corrected chi connectivity index (χ3v) is 4.20. The number of urea groups is 1. The standard InChI is InChI=1S/C17H23N5O/c1-13-12-16(20-21(13)2)19-17(23)18-14-6-8-15(9-7-14)22-10-4-3-5-11-22/h6-9,12H,3-5,10-11H2,1-2H3,(H2,18,19,20,23). The normalized spacial score (nSPS) is 14.6. The van der Waals surface area contributed by atoms with Crippen molar-refractivity contribution in [2.75, 3.05) is 28.6 Å². The van der Waals surface area contributed by atoms with Gasteiger partial charge in [0, 0.05) is 43.3 Å². The Hall–Kier alpha value is -2.50. The van der Waals surface area contributed by atoms with Gasteiger partial charge in [0.15, 0.2) is 5.82 Å². The van der Waals surface area contributed by atoms with Crippen LogP contribution >= 0.6 is 0 Å². The van der Waals surface area contributed by atoms with Gasteiger partial charge >= 0.3 is 6.03 Å². The molecule has 0 radical (unpaired) electrons. The summed E-state index contributed by atoms with van der Waals surface area (Å²) >= 11 is 0. The highest BCUT2D eigenvalue weighted by atomic mass is 16.2. The highest BCUT2D eigenvalue weighted by Crippen LogP contribution is 2.21. The van der Waals surface area contributed by atoms with Gasteiger partial charge in [-0.15, -0.1) is 0 Å². The minimum absolute atomic E-state index is 0.283. The van der Waals surface area contributed by atoms with Gasteiger partial charge in [-0.05, 0) is 50.5 Å². The Kier molecular flexibility index (Phi) is 4.50. The first-order chi connectivity index (χ1) is 11.1. The lowest BCUT2D eigenvalue weighted by atomic mass is 10.1. The van der Waals surface area contributed by atoms with Crippen LogP contribution < -0.4 is 15.5 Å². The molecule has 1 aliphatic heterocycles. The van der Waals surface area contributed by atoms with E-state index < -0.39 is 0 Å². The van der Waals surface area contributed by atoms with Crippen LogP contribution in [-0.2, 0) is 7.05 Å². The number of carbonyl (C=O) groups excluding carboxylic acids is 1. The minimum atomic E-state index is -0.283. The van der Waals surface area contributed by atoms with E-state index in [2.05, 4.69) is 32.8 Å². The highest BCUT2D eigenvalue weighted by molar-refractivity contribution is 5.99. The molecule has 2 heterocycles. The van der Waals surface area contributed by atoms with Crippen molar-refractivity contribution in [1.29, 1.82) is 0 Å². The Labute approximate surface area is 136 Å². The molecule has 0 bridgehead atoms. The zero-order valence-corrected chi connectivity index (χ0v) is 13.7. The molecule has 23 heavy (non-hydrogen) atoms. The van der Waals surface area contributed by atoms with E-state index >= 15 is 0 Å². The van der Waals surface area contributed by atoms with Crippen LogP contribution in [0.3, 0.4) is 0 Å². The molecule has 0 saturated carbocycles. The number of nitrogens with zero attached hydrogens (tertiary/aromatic N) is 3. The summed E-state index contributed by atoms with van der Waals surface area (Å²) in [5.74, 6) is 0.549. The number of hydrogen-bond donors (Lipinski definition) is 2. The fraction of sp³-hybridized carbons (Fsp3) is 0.412. The minimum Gasteiger partial charge on any atom is -0.372 e. The summed E-state index contributed by atoms with van der Waals surface area (Å²) in [6.45, 7) is 4.17. The first kappa shape index (κ1) is 15.4. The van der Waals surface area contributed by atoms with Crippen LogP contribution in [0.5, 0.6) is 0 Å². The number of rotatable bonds is 3. The molecule has 0 atom stereocenters. The van der Waals surface area contributed by atoms with E-state index in [1.165, 1.54) is 24.9 Å². The van der Waals surface area contributed by atoms with Gasteiger partial charge in [0.1, 0.15) is 0 Å². The third-order valence-electron chi connectivity index (χ3n) is 4.20. The largest absolute Gasteiger partial charge is 0.372 e. The molecule has 2 N–H and O–H groups in total. The molecule has 122 valence electrons. The van der Waals surface area contributed by atoms with Crippen LogP contribution in [0, 0.1) is 6.92 Å². The molecule has 1 aromatic heterocycles. The Balaban J connectivity index is 1.58. The summed E-state index contributed by atoms with van der Waals surface area (Å²) in [5.41, 5.74) is 2.98. The maximum atomic E-state index is 12.0. The van der Waals surface area contributed by atoms with Crippen LogP contribution in [-0.4, -0.2) is 28.9 Å². The zero-order valence-electron chi connectivity index (χ0n) is 13.7. The number of carbonyl (C=O) groups is 1. The van der Waals surface area contributed by atoms with Gasteiger partial charge in [-0.1, -0.05) is 0 Å². The molecule has 1 saturated heterocycles. The lowest BCUT2D eigenvalue weighted by Gasteiger charge is -2.28. The molecule has 1 aromatic carbocycles. The fourth-order valence-corrected chi connectivity index (χ4v) is 2.81. The second-order valence-electron chi connectivity index (χ2n) is 5.97. The predicted molar refractivity (Wildman–Crippen MR) is 93.1 cm³/mol. The number of nitrogens with one attached hydrogen (secondary N) is 2. The molecule has 6 heteroatoms. The van der Waals surface area contributed by atoms with Crippen molar-refractivity contribution in [3.63, 3.8) is 0 Å². The number of anilines is 3. The lowest BCUT2D eigenvalue weighted by Crippen LogP contribution is -2.29. The average Bonchev–Trinajstić information content (AvgIpc) is 2.86. The molecule has 1 aliphatic rings. The molecule has 0 spiro atoms. The second-order valence-corrected chi connectivity index (χ2v) is 5.97. The monoisotopic (exact) mass is 313 g/mol. The van der Waals surface area contributed by atoms with Crippen molar-refractivity contribution in [3.05, 3.63) is 36.0 Å². The molecule has 0 aliphatic carbocycles. The Morgan fingerprint density at radius 1 is 1.09 bits per heavy atom. The van der Waals surface area contributed by atoms with Crippen molar-refractivity contribution >= 4 is 23.2 Å². The second kappa shape index (κ2) is 6.73. The molecule has 2 aromatic rings. The average molecular weight is 313 g/mol. The number of amides is 2. The molecule has 2 amide bonds. The Bertz CT molecular complexity index is 651. The number of aryl methyl sites for hydroxylation is 2. The first-order valence-electron chi connectivity index (χ1n) is 8.05. The van der Waals surface area contributed by atoms with Crippen LogP contribution in [0.2, 0.25) is 0 Å². The van der Waals surface area contributed by atoms with Crippen molar-refractivity contribution in [1.82, 2.24) is 9.78 Å². The van der Waals surface area contributed by atoms with E-state index in [9.17, 15) is 4.79 Å². The highest BCUT2D eigenvalue weighted by Gasteiger charge is 2.11. The maximum Gasteiger partial charge on any atom is 0.324 e. The summed E-state index contributed by atoms with van der Waals surface area (Å²) < 4.78 is 1.73. The Morgan fingerprint density at radius 3 is 2.39 bits per heavy atom. The fourth-order valence-electron chi connectivity index (χ4n) is 2.81. The number of benzene rings is 1. The van der Waals surface area contributed by atoms with E-state index in [0.717, 1.165) is 24.5 Å². The third kappa shape index (κ3) is 3.83. The molecule has 1 fully saturated rings. The van der Waals surface area contributed by atoms with Crippen LogP contribution in [0.1, 0.15) is 25.0 Å². The van der Waals surface area contributed by atoms with Gasteiger partial charge in [-0.25, -0.2) is 4.79 Å². The van der Waals surface area contributed by atoms with Crippen LogP contribution in [0.15, 0.2) is 30.3 Å². The van der Waals surface area contributed by atoms with Gasteiger partial charge < -0.3 is 10.2 Å². The van der Waals surface area contributed by atoms with Gasteiger partial charge in [-0.3, -0.25) is 10.00 Å². The van der Waals surface area contributed by atoms with Crippen LogP contribution in [0.25, 0.3) is 0 Å². The Morgan fingerprint density at radius 2 is 1.78 bits per heavy atom. The van der Waals surface area contributed by atoms with E-state index in [0.29, 0.717) is 5.82 Å². The molecule has 0 unspecified atom stereocenters. The van der Waals surface area contributed by atoms with Gasteiger partial charge in [0.25, 0.3) is 0 Å². The summed E-state index contributed by atoms with van der Waals surface area (Å²) in [6, 6.07) is 9.55. The number of piperidine rings is 1. The SMILES string of the molecule is Cc1cc(NC(=O)Nc2ccc(N3CCCCC3)cc2)nn1C. The van der Waals surface area contributed by atoms with Crippen molar-refractivity contribution in [2.45, 2.75) is 26.2 Å². The molecule has 3 rings (SSSR count).